The predicted molar refractivity (Wildman–Crippen MR) is 118 cm³/mol. The van der Waals surface area contributed by atoms with E-state index in [1.54, 1.807) is 6.07 Å². The maximum absolute atomic E-state index is 12.3. The fourth-order valence-corrected chi connectivity index (χ4v) is 3.86. The Balaban J connectivity index is 1.59. The first kappa shape index (κ1) is 22.3. The fraction of sp³-hybridized carbons (Fsp3) is 0.286. The second kappa shape index (κ2) is 10.1. The summed E-state index contributed by atoms with van der Waals surface area (Å²) in [5.74, 6) is 1.25. The Morgan fingerprint density at radius 2 is 1.94 bits per heavy atom. The van der Waals surface area contributed by atoms with E-state index >= 15 is 0 Å². The van der Waals surface area contributed by atoms with E-state index in [4.69, 9.17) is 4.74 Å². The molecule has 0 fully saturated rings. The van der Waals surface area contributed by atoms with Gasteiger partial charge in [-0.3, -0.25) is 14.9 Å². The Hall–Kier alpha value is -3.40. The van der Waals surface area contributed by atoms with Gasteiger partial charge in [0.15, 0.2) is 11.0 Å². The van der Waals surface area contributed by atoms with Gasteiger partial charge in [0.1, 0.15) is 12.4 Å². The topological polar surface area (TPSA) is 112 Å². The number of benzene rings is 2. The van der Waals surface area contributed by atoms with Crippen LogP contribution >= 0.6 is 11.8 Å². The van der Waals surface area contributed by atoms with Crippen molar-refractivity contribution in [2.45, 2.75) is 39.1 Å². The van der Waals surface area contributed by atoms with Crippen LogP contribution in [-0.2, 0) is 17.9 Å². The van der Waals surface area contributed by atoms with Crippen LogP contribution in [0.4, 0.5) is 11.4 Å². The maximum Gasteiger partial charge on any atom is 0.271 e. The molecule has 1 N–H and O–H groups in total. The van der Waals surface area contributed by atoms with Gasteiger partial charge in [-0.15, -0.1) is 10.2 Å². The molecule has 1 amide bonds. The number of rotatable bonds is 9. The molecule has 31 heavy (non-hydrogen) atoms. The van der Waals surface area contributed by atoms with Crippen LogP contribution in [-0.4, -0.2) is 31.3 Å². The summed E-state index contributed by atoms with van der Waals surface area (Å²) in [7, 11) is 0. The zero-order valence-corrected chi connectivity index (χ0v) is 18.3. The molecule has 0 radical (unpaired) electrons. The van der Waals surface area contributed by atoms with Crippen molar-refractivity contribution in [1.82, 2.24) is 14.8 Å². The number of hydrogen-bond acceptors (Lipinski definition) is 7. The summed E-state index contributed by atoms with van der Waals surface area (Å²) in [5.41, 5.74) is 2.54. The second-order valence-corrected chi connectivity index (χ2v) is 7.84. The van der Waals surface area contributed by atoms with Crippen molar-refractivity contribution in [3.8, 4) is 5.75 Å². The molecule has 10 heteroatoms. The molecule has 162 valence electrons. The summed E-state index contributed by atoms with van der Waals surface area (Å²) in [6.45, 7) is 6.90. The Labute approximate surface area is 184 Å². The van der Waals surface area contributed by atoms with Crippen molar-refractivity contribution >= 4 is 29.0 Å². The molecule has 1 aromatic heterocycles. The van der Waals surface area contributed by atoms with Crippen molar-refractivity contribution in [3.05, 3.63) is 69.5 Å². The number of nitrogens with one attached hydrogen (secondary N) is 1. The van der Waals surface area contributed by atoms with Crippen molar-refractivity contribution < 1.29 is 14.5 Å². The Morgan fingerprint density at radius 1 is 1.19 bits per heavy atom. The van der Waals surface area contributed by atoms with Crippen LogP contribution < -0.4 is 10.1 Å². The highest BCUT2D eigenvalue weighted by Gasteiger charge is 2.15. The molecule has 0 aliphatic carbocycles. The minimum Gasteiger partial charge on any atom is -0.486 e. The largest absolute Gasteiger partial charge is 0.486 e. The summed E-state index contributed by atoms with van der Waals surface area (Å²) >= 11 is 1.24. The van der Waals surface area contributed by atoms with Crippen LogP contribution in [0.5, 0.6) is 5.75 Å². The number of nitrogens with zero attached hydrogens (tertiary/aromatic N) is 4. The average Bonchev–Trinajstić information content (AvgIpc) is 3.12. The number of amides is 1. The van der Waals surface area contributed by atoms with E-state index in [9.17, 15) is 14.9 Å². The smallest absolute Gasteiger partial charge is 0.271 e. The summed E-state index contributed by atoms with van der Waals surface area (Å²) in [6, 6.07) is 11.8. The zero-order chi connectivity index (χ0) is 22.4. The van der Waals surface area contributed by atoms with E-state index in [0.29, 0.717) is 23.2 Å². The summed E-state index contributed by atoms with van der Waals surface area (Å²) in [4.78, 5) is 22.6. The van der Waals surface area contributed by atoms with Gasteiger partial charge >= 0.3 is 0 Å². The zero-order valence-electron chi connectivity index (χ0n) is 17.5. The molecule has 0 bridgehead atoms. The molecular weight excluding hydrogens is 418 g/mol. The van der Waals surface area contributed by atoms with E-state index < -0.39 is 4.92 Å². The Bertz CT molecular complexity index is 1080. The van der Waals surface area contributed by atoms with E-state index in [0.717, 1.165) is 16.9 Å². The molecule has 0 saturated heterocycles. The number of non-ortho nitro benzene ring substituents is 1. The van der Waals surface area contributed by atoms with E-state index in [1.165, 1.54) is 30.0 Å². The van der Waals surface area contributed by atoms with Crippen LogP contribution in [0.2, 0.25) is 0 Å². The van der Waals surface area contributed by atoms with Gasteiger partial charge in [-0.05, 0) is 50.1 Å². The first-order valence-corrected chi connectivity index (χ1v) is 10.6. The number of thioether (sulfide) groups is 1. The van der Waals surface area contributed by atoms with Crippen molar-refractivity contribution in [2.75, 3.05) is 11.1 Å². The van der Waals surface area contributed by atoms with E-state index in [1.807, 2.05) is 37.5 Å². The Kier molecular flexibility index (Phi) is 7.24. The molecular formula is C21H23N5O4S. The minimum absolute atomic E-state index is 0.0791. The van der Waals surface area contributed by atoms with Crippen LogP contribution in [0.15, 0.2) is 47.6 Å². The van der Waals surface area contributed by atoms with Crippen LogP contribution in [0.1, 0.15) is 23.9 Å². The van der Waals surface area contributed by atoms with Crippen LogP contribution in [0.25, 0.3) is 0 Å². The normalized spacial score (nSPS) is 10.7. The first-order valence-electron chi connectivity index (χ1n) is 9.66. The molecule has 0 aliphatic rings. The number of nitro benzene ring substituents is 1. The summed E-state index contributed by atoms with van der Waals surface area (Å²) < 4.78 is 7.77. The molecule has 0 unspecified atom stereocenters. The van der Waals surface area contributed by atoms with Crippen molar-refractivity contribution in [3.63, 3.8) is 0 Å². The number of hydrogen-bond donors (Lipinski definition) is 1. The summed E-state index contributed by atoms with van der Waals surface area (Å²) in [5, 5.41) is 22.5. The number of aromatic nitrogens is 3. The molecule has 0 atom stereocenters. The molecule has 1 heterocycles. The van der Waals surface area contributed by atoms with Crippen LogP contribution in [0.3, 0.4) is 0 Å². The molecule has 0 aliphatic heterocycles. The standard InChI is InChI=1S/C21H23N5O4S/c1-4-25-19(12-30-18-9-14(2)8-15(3)10-18)23-24-21(25)31-13-20(27)22-16-6-5-7-17(11-16)26(28)29/h5-11H,4,12-13H2,1-3H3,(H,22,27). The number of anilines is 1. The van der Waals surface area contributed by atoms with Gasteiger partial charge in [0, 0.05) is 24.4 Å². The van der Waals surface area contributed by atoms with Gasteiger partial charge in [-0.1, -0.05) is 23.9 Å². The van der Waals surface area contributed by atoms with E-state index in [-0.39, 0.29) is 24.0 Å². The predicted octanol–water partition coefficient (Wildman–Crippen LogP) is 4.13. The van der Waals surface area contributed by atoms with Crippen molar-refractivity contribution in [1.29, 1.82) is 0 Å². The molecule has 0 spiro atoms. The third kappa shape index (κ3) is 6.05. The average molecular weight is 442 g/mol. The molecule has 9 nitrogen and oxygen atoms in total. The van der Waals surface area contributed by atoms with Gasteiger partial charge in [0.2, 0.25) is 5.91 Å². The highest BCUT2D eigenvalue weighted by Crippen LogP contribution is 2.21. The lowest BCUT2D eigenvalue weighted by atomic mass is 10.1. The maximum atomic E-state index is 12.3. The van der Waals surface area contributed by atoms with Gasteiger partial charge in [-0.2, -0.15) is 0 Å². The quantitative estimate of drug-likeness (QED) is 0.302. The number of carbonyl (C=O) groups excluding carboxylic acids is 1. The number of carbonyl (C=O) groups is 1. The lowest BCUT2D eigenvalue weighted by Crippen LogP contribution is -2.15. The number of nitro groups is 1. The van der Waals surface area contributed by atoms with Gasteiger partial charge < -0.3 is 14.6 Å². The van der Waals surface area contributed by atoms with Gasteiger partial charge in [0.05, 0.1) is 10.7 Å². The highest BCUT2D eigenvalue weighted by molar-refractivity contribution is 7.99. The highest BCUT2D eigenvalue weighted by atomic mass is 32.2. The van der Waals surface area contributed by atoms with Gasteiger partial charge in [-0.25, -0.2) is 0 Å². The SMILES string of the molecule is CCn1c(COc2cc(C)cc(C)c2)nnc1SCC(=O)Nc1cccc([N+](=O)[O-])c1. The molecule has 3 rings (SSSR count). The monoisotopic (exact) mass is 441 g/mol. The Morgan fingerprint density at radius 3 is 2.61 bits per heavy atom. The lowest BCUT2D eigenvalue weighted by molar-refractivity contribution is -0.384. The first-order chi connectivity index (χ1) is 14.9. The number of aryl methyl sites for hydroxylation is 2. The van der Waals surface area contributed by atoms with Crippen molar-refractivity contribution in [2.24, 2.45) is 0 Å². The van der Waals surface area contributed by atoms with Crippen LogP contribution in [0, 0.1) is 24.0 Å². The van der Waals surface area contributed by atoms with E-state index in [2.05, 4.69) is 21.6 Å². The third-order valence-electron chi connectivity index (χ3n) is 4.35. The number of ether oxygens (including phenoxy) is 1. The molecule has 2 aromatic carbocycles. The summed E-state index contributed by atoms with van der Waals surface area (Å²) in [6.07, 6.45) is 0. The third-order valence-corrected chi connectivity index (χ3v) is 5.31. The van der Waals surface area contributed by atoms with Gasteiger partial charge in [0.25, 0.3) is 5.69 Å². The molecule has 0 saturated carbocycles. The fourth-order valence-electron chi connectivity index (χ4n) is 3.04. The second-order valence-electron chi connectivity index (χ2n) is 6.90. The lowest BCUT2D eigenvalue weighted by Gasteiger charge is -2.10. The minimum atomic E-state index is -0.504. The molecule has 3 aromatic rings.